The Morgan fingerprint density at radius 3 is 1.73 bits per heavy atom. The van der Waals surface area contributed by atoms with Crippen molar-refractivity contribution in [3.05, 3.63) is 75.0 Å². The summed E-state index contributed by atoms with van der Waals surface area (Å²) in [6.45, 7) is -3.81. The molecule has 0 aliphatic carbocycles. The minimum Gasteiger partial charge on any atom is -0.453 e. The Balaban J connectivity index is 2.30. The third-order valence-electron chi connectivity index (χ3n) is 10.0. The zero-order chi connectivity index (χ0) is 50.3. The molecule has 0 aliphatic rings. The van der Waals surface area contributed by atoms with Crippen LogP contribution in [0.25, 0.3) is 11.3 Å². The van der Waals surface area contributed by atoms with Gasteiger partial charge in [-0.25, -0.2) is 32.6 Å². The normalized spacial score (nSPS) is 14.6. The highest BCUT2D eigenvalue weighted by molar-refractivity contribution is 14.1. The summed E-state index contributed by atoms with van der Waals surface area (Å²) in [5.41, 5.74) is -6.06. The molecule has 66 heavy (non-hydrogen) atoms. The Bertz CT molecular complexity index is 2220. The molecule has 6 N–H and O–H groups in total. The van der Waals surface area contributed by atoms with Crippen LogP contribution in [0.3, 0.4) is 0 Å². The minimum absolute atomic E-state index is 0.155. The fourth-order valence-electron chi connectivity index (χ4n) is 5.94. The highest BCUT2D eigenvalue weighted by atomic mass is 127. The summed E-state index contributed by atoms with van der Waals surface area (Å²) in [4.78, 5) is 72.6. The van der Waals surface area contributed by atoms with E-state index in [1.54, 1.807) is 10.6 Å². The molecule has 368 valence electrons. The summed E-state index contributed by atoms with van der Waals surface area (Å²) in [7, 11) is -4.37. The van der Waals surface area contributed by atoms with Gasteiger partial charge in [0.05, 0.1) is 36.8 Å². The molecule has 1 heterocycles. The number of nitrogens with one attached hydrogen (secondary N) is 4. The van der Waals surface area contributed by atoms with Crippen LogP contribution in [0.4, 0.5) is 53.5 Å². The third-order valence-corrected chi connectivity index (χ3v) is 11.3. The Morgan fingerprint density at radius 2 is 1.30 bits per heavy atom. The van der Waals surface area contributed by atoms with Crippen LogP contribution >= 0.6 is 30.4 Å². The lowest BCUT2D eigenvalue weighted by atomic mass is 9.82. The van der Waals surface area contributed by atoms with E-state index in [2.05, 4.69) is 19.9 Å². The topological polar surface area (TPSA) is 223 Å². The zero-order valence-electron chi connectivity index (χ0n) is 35.2. The van der Waals surface area contributed by atoms with Crippen LogP contribution in [-0.4, -0.2) is 106 Å². The summed E-state index contributed by atoms with van der Waals surface area (Å²) in [6, 6.07) is 0.736. The van der Waals surface area contributed by atoms with Gasteiger partial charge in [-0.2, -0.15) is 40.2 Å². The Labute approximate surface area is 382 Å². The summed E-state index contributed by atoms with van der Waals surface area (Å²) in [5, 5.41) is 9.46. The van der Waals surface area contributed by atoms with Gasteiger partial charge < -0.3 is 35.2 Å². The monoisotopic (exact) mass is 1090 g/mol. The van der Waals surface area contributed by atoms with Crippen LogP contribution in [0.1, 0.15) is 45.4 Å². The van der Waals surface area contributed by atoms with Crippen molar-refractivity contribution in [1.82, 2.24) is 36.2 Å². The van der Waals surface area contributed by atoms with Gasteiger partial charge in [-0.3, -0.25) is 19.5 Å². The van der Waals surface area contributed by atoms with Crippen LogP contribution in [0.5, 0.6) is 0 Å². The number of halogens is 11. The van der Waals surface area contributed by atoms with E-state index in [1.165, 1.54) is 24.3 Å². The van der Waals surface area contributed by atoms with Crippen molar-refractivity contribution in [2.24, 2.45) is 10.8 Å². The fraction of sp³-hybridized carbons (Fsp3) is 0.486. The van der Waals surface area contributed by atoms with Gasteiger partial charge in [0, 0.05) is 34.0 Å². The Hall–Kier alpha value is -4.77. The smallest absolute Gasteiger partial charge is 0.453 e. The number of amides is 4. The number of hydrazine groups is 1. The second-order valence-electron chi connectivity index (χ2n) is 15.4. The molecule has 0 aliphatic heterocycles. The van der Waals surface area contributed by atoms with Gasteiger partial charge in [0.1, 0.15) is 29.8 Å². The lowest BCUT2D eigenvalue weighted by molar-refractivity contribution is -0.221. The van der Waals surface area contributed by atoms with Crippen LogP contribution < -0.4 is 21.4 Å². The number of aromatic nitrogens is 2. The highest BCUT2D eigenvalue weighted by Crippen LogP contribution is 2.43. The number of alkyl carbamates (subject to hydrolysis) is 2. The molecule has 0 saturated heterocycles. The van der Waals surface area contributed by atoms with Crippen molar-refractivity contribution in [3.63, 3.8) is 0 Å². The van der Waals surface area contributed by atoms with Crippen LogP contribution in [-0.2, 0) is 41.1 Å². The predicted molar refractivity (Wildman–Crippen MR) is 217 cm³/mol. The number of rotatable bonds is 19. The standard InChI is InChI=1S/C37H43F10IN7O10P/c1-34(2,36(42,43)44)27(50-32(58)63-5)29(56)49-25(13-18-7-9-20(48)10-8-18)26(65-66(60,61)62)17-54(53-30(57)28(51-33(59)64-6)35(3,4)37(45,46)47)16-21-22(38)14-19(15-23(21)39)24-11-12-55(52-24)31(40)41/h7-12,14-15,25-28,31H,13,16-17H2,1-6H3,(H,49,56)(H,50,58)(H,51,59)(H,53,57)(H2,60,61,62)/t25-,26-,27+,28+/m0/s1. The number of hydrogen-bond donors (Lipinski definition) is 6. The van der Waals surface area contributed by atoms with Gasteiger partial charge in [-0.15, -0.1) is 0 Å². The molecule has 0 spiro atoms. The fourth-order valence-corrected chi connectivity index (χ4v) is 6.86. The van der Waals surface area contributed by atoms with Gasteiger partial charge in [0.15, 0.2) is 0 Å². The first-order valence-electron chi connectivity index (χ1n) is 18.7. The largest absolute Gasteiger partial charge is 0.469 e. The van der Waals surface area contributed by atoms with Crippen LogP contribution in [0.15, 0.2) is 48.7 Å². The Kier molecular flexibility index (Phi) is 18.4. The van der Waals surface area contributed by atoms with E-state index in [9.17, 15) is 68.7 Å². The molecule has 3 aromatic rings. The lowest BCUT2D eigenvalue weighted by Gasteiger charge is -2.39. The van der Waals surface area contributed by atoms with Gasteiger partial charge >= 0.3 is 38.9 Å². The third kappa shape index (κ3) is 14.6. The van der Waals surface area contributed by atoms with E-state index in [0.29, 0.717) is 48.4 Å². The second kappa shape index (κ2) is 21.9. The first-order valence-corrected chi connectivity index (χ1v) is 21.3. The number of phosphoric ester groups is 1. The molecular formula is C37H43F10IN7O10P. The summed E-state index contributed by atoms with van der Waals surface area (Å²) in [5.74, 6) is -6.51. The second-order valence-corrected chi connectivity index (χ2v) is 17.8. The number of hydrogen-bond acceptors (Lipinski definition) is 10. The molecule has 17 nitrogen and oxygen atoms in total. The molecule has 1 aromatic heterocycles. The predicted octanol–water partition coefficient (Wildman–Crippen LogP) is 6.49. The zero-order valence-corrected chi connectivity index (χ0v) is 38.3. The molecular weight excluding hydrogens is 1050 g/mol. The van der Waals surface area contributed by atoms with Crippen molar-refractivity contribution in [1.29, 1.82) is 0 Å². The summed E-state index contributed by atoms with van der Waals surface area (Å²) < 4.78 is 172. The molecule has 0 saturated carbocycles. The molecule has 0 fully saturated rings. The van der Waals surface area contributed by atoms with Crippen LogP contribution in [0.2, 0.25) is 0 Å². The first kappa shape index (κ1) is 55.6. The van der Waals surface area contributed by atoms with Crippen molar-refractivity contribution >= 4 is 54.4 Å². The first-order chi connectivity index (χ1) is 30.2. The van der Waals surface area contributed by atoms with Gasteiger partial charge in [-0.05, 0) is 92.6 Å². The molecule has 0 radical (unpaired) electrons. The maximum atomic E-state index is 15.9. The van der Waals surface area contributed by atoms with E-state index in [4.69, 9.17) is 4.52 Å². The number of alkyl halides is 8. The maximum Gasteiger partial charge on any atom is 0.469 e. The van der Waals surface area contributed by atoms with Gasteiger partial charge in [0.25, 0.3) is 5.91 Å². The maximum absolute atomic E-state index is 15.9. The molecule has 3 rings (SSSR count). The van der Waals surface area contributed by atoms with Gasteiger partial charge in [0.2, 0.25) is 5.91 Å². The minimum atomic E-state index is -5.86. The van der Waals surface area contributed by atoms with Gasteiger partial charge in [-0.1, -0.05) is 12.1 Å². The van der Waals surface area contributed by atoms with E-state index in [0.717, 1.165) is 26.5 Å². The van der Waals surface area contributed by atoms with Crippen molar-refractivity contribution in [2.75, 3.05) is 20.8 Å². The highest BCUT2D eigenvalue weighted by Gasteiger charge is 2.57. The average Bonchev–Trinajstić information content (AvgIpc) is 3.70. The van der Waals surface area contributed by atoms with E-state index in [-0.39, 0.29) is 15.9 Å². The molecule has 0 bridgehead atoms. The molecule has 4 amide bonds. The molecule has 2 aromatic carbocycles. The molecule has 4 atom stereocenters. The van der Waals surface area contributed by atoms with Crippen molar-refractivity contribution < 1.29 is 91.4 Å². The van der Waals surface area contributed by atoms with Crippen molar-refractivity contribution in [3.8, 4) is 11.3 Å². The van der Waals surface area contributed by atoms with E-state index < -0.39 is 128 Å². The quantitative estimate of drug-likeness (QED) is 0.0328. The molecule has 0 unspecified atom stereocenters. The van der Waals surface area contributed by atoms with E-state index >= 15 is 8.78 Å². The summed E-state index contributed by atoms with van der Waals surface area (Å²) in [6.07, 6.45) is -15.8. The number of methoxy groups -OCH3 is 2. The SMILES string of the molecule is COC(=O)N[C@H](C(=O)N[C@@H](Cc1ccc(I)cc1)[C@H](CN(Cc1c(F)cc(-c2ccn(C(F)F)n2)cc1F)NC(=O)[C@@H](NC(=O)OC)C(C)(C)C(F)(F)F)OP(=O)(O)O)C(C)(C)C(F)(F)F. The van der Waals surface area contributed by atoms with E-state index in [1.807, 2.05) is 28.0 Å². The lowest BCUT2D eigenvalue weighted by Crippen LogP contribution is -2.64. The number of benzene rings is 2. The average molecular weight is 1090 g/mol. The molecule has 29 heteroatoms. The number of carbonyl (C=O) groups excluding carboxylic acids is 4. The number of ether oxygens (including phenoxy) is 2. The van der Waals surface area contributed by atoms with Crippen LogP contribution in [0, 0.1) is 26.0 Å². The number of carbonyl (C=O) groups is 4. The Morgan fingerprint density at radius 1 is 0.818 bits per heavy atom. The number of phosphoric acid groups is 1. The number of nitrogens with zero attached hydrogens (tertiary/aromatic N) is 3. The summed E-state index contributed by atoms with van der Waals surface area (Å²) >= 11 is 1.89. The van der Waals surface area contributed by atoms with Crippen molar-refractivity contribution in [2.45, 2.75) is 83.8 Å².